The van der Waals surface area contributed by atoms with Crippen LogP contribution in [0.2, 0.25) is 0 Å². The van der Waals surface area contributed by atoms with E-state index in [9.17, 15) is 34.5 Å². The minimum Gasteiger partial charge on any atom is -0.508 e. The van der Waals surface area contributed by atoms with Crippen LogP contribution in [-0.4, -0.2) is 82.2 Å². The zero-order valence-corrected chi connectivity index (χ0v) is 25.0. The van der Waals surface area contributed by atoms with Crippen molar-refractivity contribution in [2.24, 2.45) is 27.9 Å². The van der Waals surface area contributed by atoms with Crippen molar-refractivity contribution in [3.05, 3.63) is 59.7 Å². The van der Waals surface area contributed by atoms with Crippen LogP contribution in [0.4, 0.5) is 0 Å². The van der Waals surface area contributed by atoms with E-state index in [0.717, 1.165) is 0 Å². The molecule has 2 aromatic rings. The smallest absolute Gasteiger partial charge is 0.326 e. The zero-order chi connectivity index (χ0) is 33.4. The second kappa shape index (κ2) is 18.7. The monoisotopic (exact) mass is 628 g/mol. The van der Waals surface area contributed by atoms with Crippen LogP contribution in [0.3, 0.4) is 0 Å². The molecule has 0 aromatic heterocycles. The van der Waals surface area contributed by atoms with Gasteiger partial charge in [-0.15, -0.1) is 0 Å². The van der Waals surface area contributed by atoms with Gasteiger partial charge in [0.05, 0.1) is 6.04 Å². The number of benzene rings is 2. The molecule has 0 aliphatic carbocycles. The first kappa shape index (κ1) is 36.3. The maximum absolute atomic E-state index is 13.6. The Bertz CT molecular complexity index is 1280. The highest BCUT2D eigenvalue weighted by Crippen LogP contribution is 2.14. The number of nitrogens with zero attached hydrogens (tertiary/aromatic N) is 1. The minimum absolute atomic E-state index is 0.0108. The number of hydrogen-bond acceptors (Lipinski definition) is 9. The Labute approximate surface area is 261 Å². The highest BCUT2D eigenvalue weighted by Gasteiger charge is 2.30. The molecule has 15 nitrogen and oxygen atoms in total. The average molecular weight is 629 g/mol. The molecule has 2 aromatic carbocycles. The summed E-state index contributed by atoms with van der Waals surface area (Å²) < 4.78 is 0. The zero-order valence-electron chi connectivity index (χ0n) is 25.0. The number of carbonyl (C=O) groups is 4. The maximum Gasteiger partial charge on any atom is 0.326 e. The van der Waals surface area contributed by atoms with Crippen molar-refractivity contribution in [2.45, 2.75) is 69.1 Å². The van der Waals surface area contributed by atoms with Gasteiger partial charge in [-0.25, -0.2) is 4.79 Å². The van der Waals surface area contributed by atoms with Crippen LogP contribution in [0.25, 0.3) is 0 Å². The van der Waals surface area contributed by atoms with Gasteiger partial charge in [0.2, 0.25) is 17.7 Å². The van der Waals surface area contributed by atoms with Gasteiger partial charge in [-0.2, -0.15) is 0 Å². The number of carboxylic acid groups (broad SMARTS) is 1. The van der Waals surface area contributed by atoms with Crippen molar-refractivity contribution in [2.75, 3.05) is 13.1 Å². The average Bonchev–Trinajstić information content (AvgIpc) is 2.99. The molecule has 2 rings (SSSR count). The van der Waals surface area contributed by atoms with Crippen molar-refractivity contribution in [3.8, 4) is 11.5 Å². The fourth-order valence-corrected chi connectivity index (χ4v) is 4.40. The molecule has 45 heavy (non-hydrogen) atoms. The van der Waals surface area contributed by atoms with Gasteiger partial charge < -0.3 is 54.2 Å². The summed E-state index contributed by atoms with van der Waals surface area (Å²) in [5, 5.41) is 36.6. The Morgan fingerprint density at radius 3 is 1.71 bits per heavy atom. The summed E-state index contributed by atoms with van der Waals surface area (Å²) >= 11 is 0. The lowest BCUT2D eigenvalue weighted by Gasteiger charge is -2.25. The third kappa shape index (κ3) is 13.5. The quantitative estimate of drug-likeness (QED) is 0.0508. The predicted octanol–water partition coefficient (Wildman–Crippen LogP) is -1.07. The number of hydrogen-bond donors (Lipinski definition) is 10. The molecule has 0 fully saturated rings. The lowest BCUT2D eigenvalue weighted by molar-refractivity contribution is -0.142. The normalized spacial score (nSPS) is 13.5. The van der Waals surface area contributed by atoms with E-state index in [4.69, 9.17) is 22.9 Å². The van der Waals surface area contributed by atoms with Gasteiger partial charge in [0.1, 0.15) is 29.6 Å². The molecule has 246 valence electrons. The molecule has 15 heteroatoms. The van der Waals surface area contributed by atoms with Gasteiger partial charge in [0, 0.05) is 13.0 Å². The topological polar surface area (TPSA) is 282 Å². The lowest BCUT2D eigenvalue weighted by atomic mass is 10.0. The third-order valence-corrected chi connectivity index (χ3v) is 6.88. The number of nitrogens with two attached hydrogens (primary N) is 4. The third-order valence-electron chi connectivity index (χ3n) is 6.88. The van der Waals surface area contributed by atoms with E-state index in [1.165, 1.54) is 24.3 Å². The predicted molar refractivity (Wildman–Crippen MR) is 168 cm³/mol. The summed E-state index contributed by atoms with van der Waals surface area (Å²) in [5.74, 6) is -3.39. The number of phenolic OH excluding ortho intramolecular Hbond substituents is 2. The first-order chi connectivity index (χ1) is 21.4. The van der Waals surface area contributed by atoms with E-state index in [0.29, 0.717) is 30.5 Å². The van der Waals surface area contributed by atoms with Gasteiger partial charge in [-0.3, -0.25) is 19.4 Å². The summed E-state index contributed by atoms with van der Waals surface area (Å²) in [6.45, 7) is 0.525. The van der Waals surface area contributed by atoms with Crippen LogP contribution in [0.1, 0.15) is 43.2 Å². The summed E-state index contributed by atoms with van der Waals surface area (Å²) in [5.41, 5.74) is 23.7. The fraction of sp³-hybridized carbons (Fsp3) is 0.433. The molecule has 0 bridgehead atoms. The number of aliphatic carboxylic acids is 1. The molecular weight excluding hydrogens is 584 g/mol. The number of rotatable bonds is 19. The molecule has 0 heterocycles. The number of phenols is 2. The van der Waals surface area contributed by atoms with E-state index in [2.05, 4.69) is 20.9 Å². The summed E-state index contributed by atoms with van der Waals surface area (Å²) in [4.78, 5) is 55.7. The van der Waals surface area contributed by atoms with Crippen LogP contribution in [0, 0.1) is 0 Å². The van der Waals surface area contributed by atoms with Crippen molar-refractivity contribution < 1.29 is 34.5 Å². The Morgan fingerprint density at radius 2 is 1.18 bits per heavy atom. The molecule has 4 atom stereocenters. The number of nitrogens with one attached hydrogen (secondary N) is 3. The van der Waals surface area contributed by atoms with Crippen molar-refractivity contribution in [1.82, 2.24) is 16.0 Å². The van der Waals surface area contributed by atoms with E-state index < -0.39 is 47.9 Å². The lowest BCUT2D eigenvalue weighted by Crippen LogP contribution is -2.57. The van der Waals surface area contributed by atoms with E-state index in [1.807, 2.05) is 0 Å². The Hall–Kier alpha value is -4.89. The number of unbranched alkanes of at least 4 members (excludes halogenated alkanes) is 1. The number of carbonyl (C=O) groups excluding carboxylic acids is 3. The van der Waals surface area contributed by atoms with Gasteiger partial charge >= 0.3 is 5.97 Å². The Balaban J connectivity index is 2.26. The molecule has 0 radical (unpaired) electrons. The van der Waals surface area contributed by atoms with E-state index >= 15 is 0 Å². The summed E-state index contributed by atoms with van der Waals surface area (Å²) in [6, 6.07) is 7.56. The van der Waals surface area contributed by atoms with Gasteiger partial charge in [-0.1, -0.05) is 24.3 Å². The minimum atomic E-state index is -1.23. The number of amides is 3. The molecule has 0 aliphatic rings. The van der Waals surface area contributed by atoms with E-state index in [-0.39, 0.29) is 56.1 Å². The number of aromatic hydroxyl groups is 2. The first-order valence-corrected chi connectivity index (χ1v) is 14.6. The Morgan fingerprint density at radius 1 is 0.689 bits per heavy atom. The van der Waals surface area contributed by atoms with Crippen molar-refractivity contribution in [1.29, 1.82) is 0 Å². The molecule has 0 saturated carbocycles. The standard InChI is InChI=1S/C30H44N8O7/c31-14-2-1-4-24(29(44)45)37-27(42)23(5-3-15-35-30(33)34)36-28(43)25(17-19-8-12-21(40)13-9-19)38-26(41)22(32)16-18-6-10-20(39)11-7-18/h6-13,22-25,39-40H,1-5,14-17,31-32H2,(H,36,43)(H,37,42)(H,38,41)(H,44,45)(H4,33,34,35). The first-order valence-electron chi connectivity index (χ1n) is 14.6. The summed E-state index contributed by atoms with van der Waals surface area (Å²) in [7, 11) is 0. The Kier molecular flexibility index (Phi) is 15.1. The summed E-state index contributed by atoms with van der Waals surface area (Å²) in [6.07, 6.45) is 1.63. The van der Waals surface area contributed by atoms with Crippen LogP contribution in [0.15, 0.2) is 53.5 Å². The SMILES string of the molecule is NCCCCC(NC(=O)C(CCCN=C(N)N)NC(=O)C(Cc1ccc(O)cc1)NC(=O)C(N)Cc1ccc(O)cc1)C(=O)O. The van der Waals surface area contributed by atoms with E-state index in [1.54, 1.807) is 24.3 Å². The highest BCUT2D eigenvalue weighted by molar-refractivity contribution is 5.94. The highest BCUT2D eigenvalue weighted by atomic mass is 16.4. The largest absolute Gasteiger partial charge is 0.508 e. The van der Waals surface area contributed by atoms with Crippen LogP contribution >= 0.6 is 0 Å². The maximum atomic E-state index is 13.6. The molecular formula is C30H44N8O7. The van der Waals surface area contributed by atoms with Crippen molar-refractivity contribution >= 4 is 29.7 Å². The number of aliphatic imine (C=N–C) groups is 1. The molecule has 0 spiro atoms. The van der Waals surface area contributed by atoms with Crippen LogP contribution < -0.4 is 38.9 Å². The molecule has 0 saturated heterocycles. The fourth-order valence-electron chi connectivity index (χ4n) is 4.40. The molecule has 3 amide bonds. The molecule has 4 unspecified atom stereocenters. The van der Waals surface area contributed by atoms with Gasteiger partial charge in [0.25, 0.3) is 0 Å². The molecule has 0 aliphatic heterocycles. The van der Waals surface area contributed by atoms with Crippen LogP contribution in [0.5, 0.6) is 11.5 Å². The second-order valence-electron chi connectivity index (χ2n) is 10.6. The van der Waals surface area contributed by atoms with Crippen LogP contribution in [-0.2, 0) is 32.0 Å². The number of carboxylic acids is 1. The van der Waals surface area contributed by atoms with Crippen molar-refractivity contribution in [3.63, 3.8) is 0 Å². The van der Waals surface area contributed by atoms with Gasteiger partial charge in [0.15, 0.2) is 5.96 Å². The molecule has 14 N–H and O–H groups in total. The second-order valence-corrected chi connectivity index (χ2v) is 10.6. The number of guanidine groups is 1. The van der Waals surface area contributed by atoms with Gasteiger partial charge in [-0.05, 0) is 80.5 Å².